The van der Waals surface area contributed by atoms with Crippen LogP contribution in [0.25, 0.3) is 0 Å². The van der Waals surface area contributed by atoms with E-state index in [1.807, 2.05) is 6.07 Å². The Kier molecular flexibility index (Phi) is 8.84. The fourth-order valence-corrected chi connectivity index (χ4v) is 5.70. The Bertz CT molecular complexity index is 364. The van der Waals surface area contributed by atoms with Crippen LogP contribution in [0.5, 0.6) is 0 Å². The number of benzene rings is 1. The largest absolute Gasteiger partial charge is 0.394 e. The Balaban J connectivity index is 2.85. The molecule has 0 aliphatic carbocycles. The summed E-state index contributed by atoms with van der Waals surface area (Å²) in [6, 6.07) is 12.5. The lowest BCUT2D eigenvalue weighted by Gasteiger charge is -2.34. The van der Waals surface area contributed by atoms with Gasteiger partial charge in [0.05, 0.1) is 6.10 Å². The van der Waals surface area contributed by atoms with Crippen molar-refractivity contribution >= 4 is 8.56 Å². The first-order valence-electron chi connectivity index (χ1n) is 8.28. The Labute approximate surface area is 131 Å². The highest BCUT2D eigenvalue weighted by Gasteiger charge is 2.37. The van der Waals surface area contributed by atoms with Crippen LogP contribution in [0.15, 0.2) is 30.3 Å². The van der Waals surface area contributed by atoms with Crippen LogP contribution in [0.2, 0.25) is 12.1 Å². The molecular formula is C17H31NO2Si. The van der Waals surface area contributed by atoms with Gasteiger partial charge in [0.25, 0.3) is 0 Å². The molecule has 2 unspecified atom stereocenters. The first kappa shape index (κ1) is 18.4. The van der Waals surface area contributed by atoms with Crippen LogP contribution in [0.1, 0.15) is 51.7 Å². The maximum absolute atomic E-state index is 6.59. The zero-order valence-electron chi connectivity index (χ0n) is 13.8. The molecule has 0 fully saturated rings. The SMILES string of the molecule is CCCO[Si](CC)(CCCN)OC(CC)c1ccccc1. The summed E-state index contributed by atoms with van der Waals surface area (Å²) in [5, 5.41) is 0. The molecule has 0 aromatic heterocycles. The van der Waals surface area contributed by atoms with E-state index in [9.17, 15) is 0 Å². The van der Waals surface area contributed by atoms with Crippen LogP contribution in [0, 0.1) is 0 Å². The van der Waals surface area contributed by atoms with Gasteiger partial charge >= 0.3 is 8.56 Å². The number of hydrogen-bond donors (Lipinski definition) is 1. The molecule has 0 aliphatic rings. The first-order chi connectivity index (χ1) is 10.2. The molecule has 2 N–H and O–H groups in total. The van der Waals surface area contributed by atoms with Crippen molar-refractivity contribution in [3.8, 4) is 0 Å². The number of nitrogens with two attached hydrogens (primary N) is 1. The smallest absolute Gasteiger partial charge is 0.338 e. The predicted molar refractivity (Wildman–Crippen MR) is 91.5 cm³/mol. The predicted octanol–water partition coefficient (Wildman–Crippen LogP) is 4.39. The van der Waals surface area contributed by atoms with E-state index in [0.29, 0.717) is 6.54 Å². The van der Waals surface area contributed by atoms with E-state index >= 15 is 0 Å². The van der Waals surface area contributed by atoms with E-state index in [1.54, 1.807) is 0 Å². The summed E-state index contributed by atoms with van der Waals surface area (Å²) >= 11 is 0. The molecule has 0 bridgehead atoms. The van der Waals surface area contributed by atoms with Gasteiger partial charge in [0.1, 0.15) is 0 Å². The molecule has 4 heteroatoms. The monoisotopic (exact) mass is 309 g/mol. The quantitative estimate of drug-likeness (QED) is 0.616. The van der Waals surface area contributed by atoms with E-state index in [-0.39, 0.29) is 6.10 Å². The fourth-order valence-electron chi connectivity index (χ4n) is 2.50. The van der Waals surface area contributed by atoms with Crippen molar-refractivity contribution in [3.05, 3.63) is 35.9 Å². The van der Waals surface area contributed by atoms with Crippen molar-refractivity contribution in [2.45, 2.75) is 58.2 Å². The third-order valence-corrected chi connectivity index (χ3v) is 7.41. The normalized spacial score (nSPS) is 15.6. The molecule has 1 aromatic carbocycles. The zero-order chi connectivity index (χ0) is 15.6. The summed E-state index contributed by atoms with van der Waals surface area (Å²) in [7, 11) is -2.16. The molecule has 0 radical (unpaired) electrons. The van der Waals surface area contributed by atoms with Gasteiger partial charge in [0, 0.05) is 6.61 Å². The lowest BCUT2D eigenvalue weighted by molar-refractivity contribution is 0.109. The van der Waals surface area contributed by atoms with Gasteiger partial charge in [-0.05, 0) is 43.5 Å². The van der Waals surface area contributed by atoms with E-state index in [4.69, 9.17) is 14.6 Å². The van der Waals surface area contributed by atoms with Crippen LogP contribution >= 0.6 is 0 Å². The molecule has 0 aliphatic heterocycles. The molecule has 0 saturated heterocycles. The zero-order valence-corrected chi connectivity index (χ0v) is 14.8. The van der Waals surface area contributed by atoms with Crippen molar-refractivity contribution in [2.75, 3.05) is 13.2 Å². The second kappa shape index (κ2) is 10.1. The molecule has 3 nitrogen and oxygen atoms in total. The minimum Gasteiger partial charge on any atom is -0.394 e. The van der Waals surface area contributed by atoms with Gasteiger partial charge < -0.3 is 14.6 Å². The Hall–Kier alpha value is -0.683. The van der Waals surface area contributed by atoms with E-state index in [2.05, 4.69) is 45.0 Å². The molecule has 0 amide bonds. The lowest BCUT2D eigenvalue weighted by Crippen LogP contribution is -2.43. The summed E-state index contributed by atoms with van der Waals surface area (Å²) < 4.78 is 12.8. The topological polar surface area (TPSA) is 44.5 Å². The van der Waals surface area contributed by atoms with Gasteiger partial charge in [-0.2, -0.15) is 0 Å². The molecule has 21 heavy (non-hydrogen) atoms. The van der Waals surface area contributed by atoms with Gasteiger partial charge in [0.15, 0.2) is 0 Å². The number of hydrogen-bond acceptors (Lipinski definition) is 3. The number of rotatable bonds is 11. The Morgan fingerprint density at radius 1 is 1.14 bits per heavy atom. The summed E-state index contributed by atoms with van der Waals surface area (Å²) in [5.41, 5.74) is 6.95. The highest BCUT2D eigenvalue weighted by molar-refractivity contribution is 6.67. The second-order valence-electron chi connectivity index (χ2n) is 5.43. The molecule has 120 valence electrons. The van der Waals surface area contributed by atoms with E-state index in [0.717, 1.165) is 38.0 Å². The molecule has 0 heterocycles. The highest BCUT2D eigenvalue weighted by atomic mass is 28.4. The summed E-state index contributed by atoms with van der Waals surface area (Å²) in [6.07, 6.45) is 3.11. The first-order valence-corrected chi connectivity index (χ1v) is 10.5. The standard InChI is InChI=1S/C17H31NO2Si/c1-4-14-19-21(6-3,15-10-13-18)20-17(5-2)16-11-8-7-9-12-16/h7-9,11-12,17H,4-6,10,13-15,18H2,1-3H3. The van der Waals surface area contributed by atoms with Crippen molar-refractivity contribution in [1.82, 2.24) is 0 Å². The van der Waals surface area contributed by atoms with Gasteiger partial charge in [-0.1, -0.05) is 51.1 Å². The van der Waals surface area contributed by atoms with Crippen molar-refractivity contribution in [1.29, 1.82) is 0 Å². The Morgan fingerprint density at radius 3 is 2.38 bits per heavy atom. The van der Waals surface area contributed by atoms with Crippen molar-refractivity contribution in [3.63, 3.8) is 0 Å². The average Bonchev–Trinajstić information content (AvgIpc) is 2.55. The van der Waals surface area contributed by atoms with E-state index < -0.39 is 8.56 Å². The molecular weight excluding hydrogens is 278 g/mol. The average molecular weight is 310 g/mol. The minimum absolute atomic E-state index is 0.132. The van der Waals surface area contributed by atoms with Gasteiger partial charge in [-0.25, -0.2) is 0 Å². The summed E-state index contributed by atoms with van der Waals surface area (Å²) in [6.45, 7) is 8.00. The molecule has 0 spiro atoms. The van der Waals surface area contributed by atoms with E-state index in [1.165, 1.54) is 5.56 Å². The van der Waals surface area contributed by atoms with Crippen LogP contribution in [-0.4, -0.2) is 21.7 Å². The molecule has 0 saturated carbocycles. The van der Waals surface area contributed by atoms with Crippen molar-refractivity contribution in [2.24, 2.45) is 5.73 Å². The third-order valence-electron chi connectivity index (χ3n) is 3.77. The Morgan fingerprint density at radius 2 is 1.86 bits per heavy atom. The van der Waals surface area contributed by atoms with Crippen LogP contribution in [0.3, 0.4) is 0 Å². The van der Waals surface area contributed by atoms with Gasteiger partial charge in [0.2, 0.25) is 0 Å². The third kappa shape index (κ3) is 5.91. The van der Waals surface area contributed by atoms with Crippen LogP contribution in [-0.2, 0) is 8.85 Å². The van der Waals surface area contributed by atoms with Crippen LogP contribution < -0.4 is 5.73 Å². The molecule has 1 rings (SSSR count). The highest BCUT2D eigenvalue weighted by Crippen LogP contribution is 2.31. The van der Waals surface area contributed by atoms with Crippen molar-refractivity contribution < 1.29 is 8.85 Å². The fraction of sp³-hybridized carbons (Fsp3) is 0.647. The summed E-state index contributed by atoms with van der Waals surface area (Å²) in [4.78, 5) is 0. The maximum Gasteiger partial charge on any atom is 0.338 e. The lowest BCUT2D eigenvalue weighted by atomic mass is 10.1. The maximum atomic E-state index is 6.59. The second-order valence-corrected chi connectivity index (χ2v) is 8.98. The van der Waals surface area contributed by atoms with Gasteiger partial charge in [-0.15, -0.1) is 0 Å². The molecule has 2 atom stereocenters. The summed E-state index contributed by atoms with van der Waals surface area (Å²) in [5.74, 6) is 0. The van der Waals surface area contributed by atoms with Gasteiger partial charge in [-0.3, -0.25) is 0 Å². The molecule has 1 aromatic rings. The van der Waals surface area contributed by atoms with Crippen LogP contribution in [0.4, 0.5) is 0 Å². The minimum atomic E-state index is -2.16.